The van der Waals surface area contributed by atoms with Crippen LogP contribution in [0, 0.1) is 5.41 Å². The van der Waals surface area contributed by atoms with Crippen molar-refractivity contribution in [2.24, 2.45) is 5.73 Å². The second-order valence-corrected chi connectivity index (χ2v) is 8.11. The quantitative estimate of drug-likeness (QED) is 0.136. The molecule has 0 aliphatic carbocycles. The Hall–Kier alpha value is -5.06. The van der Waals surface area contributed by atoms with Gasteiger partial charge in [0.1, 0.15) is 23.4 Å². The van der Waals surface area contributed by atoms with Crippen LogP contribution in [0.2, 0.25) is 0 Å². The number of hydrogen-bond donors (Lipinski definition) is 4. The molecule has 11 heteroatoms. The summed E-state index contributed by atoms with van der Waals surface area (Å²) in [6.45, 7) is 1.12. The molecule has 0 saturated heterocycles. The summed E-state index contributed by atoms with van der Waals surface area (Å²) in [6.07, 6.45) is -0.119. The molecule has 1 atom stereocenters. The number of carbonyl (C=O) groups excluding carboxylic acids is 3. The predicted octanol–water partition coefficient (Wildman–Crippen LogP) is 3.34. The summed E-state index contributed by atoms with van der Waals surface area (Å²) in [7, 11) is 3.04. The van der Waals surface area contributed by atoms with Crippen molar-refractivity contribution in [2.75, 3.05) is 24.9 Å². The van der Waals surface area contributed by atoms with Gasteiger partial charge in [0.05, 0.1) is 20.6 Å². The Morgan fingerprint density at radius 1 is 0.868 bits per heavy atom. The van der Waals surface area contributed by atoms with Gasteiger partial charge in [-0.1, -0.05) is 12.1 Å². The Labute approximate surface area is 219 Å². The van der Waals surface area contributed by atoms with Crippen LogP contribution in [0.5, 0.6) is 11.5 Å². The van der Waals surface area contributed by atoms with E-state index in [4.69, 9.17) is 20.6 Å². The third-order valence-corrected chi connectivity index (χ3v) is 5.30. The van der Waals surface area contributed by atoms with Gasteiger partial charge in [0, 0.05) is 29.9 Å². The molecule has 0 aliphatic rings. The second kappa shape index (κ2) is 12.8. The molecule has 0 spiro atoms. The van der Waals surface area contributed by atoms with Crippen molar-refractivity contribution >= 4 is 35.1 Å². The highest BCUT2D eigenvalue weighted by Crippen LogP contribution is 2.30. The number of methoxy groups -OCH3 is 2. The van der Waals surface area contributed by atoms with Gasteiger partial charge >= 0.3 is 11.9 Å². The average molecular weight is 521 g/mol. The SMILES string of the molecule is COc1cc(OC)cc([C@@H](Nc2ccc(C(=N)N)cc2)C(=O)Nc2ccc(CC(=O)OOC(C)=O)cc2)c1. The molecule has 0 aromatic heterocycles. The maximum Gasteiger partial charge on any atom is 0.359 e. The number of nitrogens with two attached hydrogens (primary N) is 1. The third-order valence-electron chi connectivity index (χ3n) is 5.30. The molecule has 38 heavy (non-hydrogen) atoms. The van der Waals surface area contributed by atoms with Crippen LogP contribution < -0.4 is 25.8 Å². The Morgan fingerprint density at radius 2 is 1.45 bits per heavy atom. The number of ether oxygens (including phenoxy) is 2. The Balaban J connectivity index is 1.82. The second-order valence-electron chi connectivity index (χ2n) is 8.11. The average Bonchev–Trinajstić information content (AvgIpc) is 2.91. The lowest BCUT2D eigenvalue weighted by atomic mass is 10.0. The number of amides is 1. The fourth-order valence-corrected chi connectivity index (χ4v) is 3.43. The monoisotopic (exact) mass is 520 g/mol. The summed E-state index contributed by atoms with van der Waals surface area (Å²) in [5.74, 6) is -0.886. The molecule has 0 bridgehead atoms. The van der Waals surface area contributed by atoms with Crippen LogP contribution in [-0.2, 0) is 30.6 Å². The van der Waals surface area contributed by atoms with Crippen LogP contribution in [-0.4, -0.2) is 37.9 Å². The lowest BCUT2D eigenvalue weighted by Gasteiger charge is -2.21. The van der Waals surface area contributed by atoms with E-state index < -0.39 is 18.0 Å². The first-order chi connectivity index (χ1) is 18.2. The minimum absolute atomic E-state index is 0.0635. The summed E-state index contributed by atoms with van der Waals surface area (Å²) in [5.41, 5.74) is 8.38. The zero-order chi connectivity index (χ0) is 27.7. The van der Waals surface area contributed by atoms with Gasteiger partial charge in [-0.3, -0.25) is 10.2 Å². The van der Waals surface area contributed by atoms with Gasteiger partial charge in [0.2, 0.25) is 0 Å². The van der Waals surface area contributed by atoms with Crippen molar-refractivity contribution in [1.29, 1.82) is 5.41 Å². The van der Waals surface area contributed by atoms with Crippen molar-refractivity contribution in [1.82, 2.24) is 0 Å². The van der Waals surface area contributed by atoms with Crippen LogP contribution in [0.4, 0.5) is 11.4 Å². The Bertz CT molecular complexity index is 1290. The van der Waals surface area contributed by atoms with Crippen molar-refractivity contribution in [3.63, 3.8) is 0 Å². The topological polar surface area (TPSA) is 162 Å². The molecule has 3 rings (SSSR count). The Kier molecular flexibility index (Phi) is 9.25. The summed E-state index contributed by atoms with van der Waals surface area (Å²) in [4.78, 5) is 44.6. The number of amidine groups is 1. The number of benzene rings is 3. The Morgan fingerprint density at radius 3 is 1.97 bits per heavy atom. The van der Waals surface area contributed by atoms with Gasteiger partial charge in [-0.2, -0.15) is 0 Å². The summed E-state index contributed by atoms with van der Waals surface area (Å²) >= 11 is 0. The van der Waals surface area contributed by atoms with Crippen LogP contribution in [0.15, 0.2) is 66.7 Å². The first-order valence-corrected chi connectivity index (χ1v) is 11.4. The molecule has 0 aliphatic heterocycles. The smallest absolute Gasteiger partial charge is 0.359 e. The minimum Gasteiger partial charge on any atom is -0.497 e. The van der Waals surface area contributed by atoms with E-state index in [0.717, 1.165) is 6.92 Å². The summed E-state index contributed by atoms with van der Waals surface area (Å²) < 4.78 is 10.7. The van der Waals surface area contributed by atoms with Crippen LogP contribution in [0.3, 0.4) is 0 Å². The van der Waals surface area contributed by atoms with E-state index in [2.05, 4.69) is 20.4 Å². The summed E-state index contributed by atoms with van der Waals surface area (Å²) in [6, 6.07) is 17.6. The fourth-order valence-electron chi connectivity index (χ4n) is 3.43. The zero-order valence-electron chi connectivity index (χ0n) is 21.1. The zero-order valence-corrected chi connectivity index (χ0v) is 21.1. The molecule has 11 nitrogen and oxygen atoms in total. The van der Waals surface area contributed by atoms with E-state index in [9.17, 15) is 14.4 Å². The van der Waals surface area contributed by atoms with Crippen molar-refractivity contribution < 1.29 is 33.6 Å². The van der Waals surface area contributed by atoms with Gasteiger partial charge in [0.15, 0.2) is 0 Å². The van der Waals surface area contributed by atoms with E-state index in [-0.39, 0.29) is 18.2 Å². The number of anilines is 2. The number of rotatable bonds is 10. The van der Waals surface area contributed by atoms with Gasteiger partial charge < -0.3 is 25.8 Å². The molecular weight excluding hydrogens is 492 g/mol. The van der Waals surface area contributed by atoms with E-state index in [1.807, 2.05) is 0 Å². The summed E-state index contributed by atoms with van der Waals surface area (Å²) in [5, 5.41) is 13.6. The molecule has 3 aromatic rings. The van der Waals surface area contributed by atoms with E-state index >= 15 is 0 Å². The molecule has 0 heterocycles. The van der Waals surface area contributed by atoms with Gasteiger partial charge in [-0.05, 0) is 59.7 Å². The molecule has 0 radical (unpaired) electrons. The van der Waals surface area contributed by atoms with E-state index in [1.54, 1.807) is 66.7 Å². The first-order valence-electron chi connectivity index (χ1n) is 11.4. The number of nitrogen functional groups attached to an aromatic ring is 1. The van der Waals surface area contributed by atoms with Gasteiger partial charge in [0.25, 0.3) is 5.91 Å². The standard InChI is InChI=1S/C27H28N4O7/c1-16(32)37-38-24(33)12-17-4-8-21(9-5-17)31-27(34)25(19-13-22(35-2)15-23(14-19)36-3)30-20-10-6-18(7-11-20)26(28)29/h4-11,13-15,25,30H,12H2,1-3H3,(H3,28,29)(H,31,34)/t25-/m1/s1. The maximum absolute atomic E-state index is 13.5. The molecule has 0 unspecified atom stereocenters. The third kappa shape index (κ3) is 7.72. The highest BCUT2D eigenvalue weighted by atomic mass is 17.2. The number of hydrogen-bond acceptors (Lipinski definition) is 9. The largest absolute Gasteiger partial charge is 0.497 e. The molecule has 5 N–H and O–H groups in total. The number of carbonyl (C=O) groups is 3. The molecule has 0 saturated carbocycles. The van der Waals surface area contributed by atoms with Crippen LogP contribution in [0.1, 0.15) is 29.7 Å². The lowest BCUT2D eigenvalue weighted by Crippen LogP contribution is -2.27. The van der Waals surface area contributed by atoms with Gasteiger partial charge in [-0.15, -0.1) is 0 Å². The van der Waals surface area contributed by atoms with Crippen LogP contribution >= 0.6 is 0 Å². The normalized spacial score (nSPS) is 11.0. The van der Waals surface area contributed by atoms with Crippen molar-refractivity contribution in [3.8, 4) is 11.5 Å². The highest BCUT2D eigenvalue weighted by Gasteiger charge is 2.23. The molecule has 1 amide bonds. The maximum atomic E-state index is 13.5. The molecule has 0 fully saturated rings. The van der Waals surface area contributed by atoms with Crippen molar-refractivity contribution in [3.05, 3.63) is 83.4 Å². The number of nitrogens with one attached hydrogen (secondary N) is 3. The fraction of sp³-hybridized carbons (Fsp3) is 0.185. The van der Waals surface area contributed by atoms with E-state index in [1.165, 1.54) is 14.2 Å². The van der Waals surface area contributed by atoms with Crippen molar-refractivity contribution in [2.45, 2.75) is 19.4 Å². The minimum atomic E-state index is -0.861. The lowest BCUT2D eigenvalue weighted by molar-refractivity contribution is -0.256. The predicted molar refractivity (Wildman–Crippen MR) is 140 cm³/mol. The van der Waals surface area contributed by atoms with Gasteiger partial charge in [-0.25, -0.2) is 19.4 Å². The molecule has 3 aromatic carbocycles. The van der Waals surface area contributed by atoms with Crippen LogP contribution in [0.25, 0.3) is 0 Å². The first kappa shape index (κ1) is 27.5. The molecular formula is C27H28N4O7. The van der Waals surface area contributed by atoms with E-state index in [0.29, 0.717) is 39.6 Å². The highest BCUT2D eigenvalue weighted by molar-refractivity contribution is 5.98. The molecule has 198 valence electrons.